The Morgan fingerprint density at radius 1 is 1.27 bits per heavy atom. The summed E-state index contributed by atoms with van der Waals surface area (Å²) in [7, 11) is 0. The first kappa shape index (κ1) is 9.36. The highest BCUT2D eigenvalue weighted by Crippen LogP contribution is 2.32. The van der Waals surface area contributed by atoms with Crippen LogP contribution in [0.15, 0.2) is 27.1 Å². The molecule has 0 amide bonds. The van der Waals surface area contributed by atoms with Crippen LogP contribution >= 0.6 is 43.5 Å². The van der Waals surface area contributed by atoms with Crippen LogP contribution in [0.3, 0.4) is 0 Å². The lowest BCUT2D eigenvalue weighted by Gasteiger charge is -2.05. The van der Waals surface area contributed by atoms with E-state index in [-0.39, 0.29) is 6.07 Å². The summed E-state index contributed by atoms with van der Waals surface area (Å²) >= 11 is 12.1. The Balaban J connectivity index is 3.00. The van der Waals surface area contributed by atoms with Crippen molar-refractivity contribution < 1.29 is 4.74 Å². The van der Waals surface area contributed by atoms with E-state index < -0.39 is 0 Å². The molecule has 0 aliphatic rings. The molecule has 0 unspecified atom stereocenters. The predicted octanol–water partition coefficient (Wildman–Crippen LogP) is 3.79. The third-order valence-corrected chi connectivity index (χ3v) is 2.48. The van der Waals surface area contributed by atoms with Crippen LogP contribution in [0, 0.1) is 0 Å². The van der Waals surface area contributed by atoms with Gasteiger partial charge in [-0.25, -0.2) is 0 Å². The highest BCUT2D eigenvalue weighted by molar-refractivity contribution is 9.11. The second kappa shape index (κ2) is 4.33. The van der Waals surface area contributed by atoms with E-state index in [0.717, 1.165) is 14.7 Å². The highest BCUT2D eigenvalue weighted by Gasteiger charge is 2.03. The van der Waals surface area contributed by atoms with Gasteiger partial charge in [0.05, 0.1) is 8.95 Å². The van der Waals surface area contributed by atoms with Gasteiger partial charge >= 0.3 is 0 Å². The summed E-state index contributed by atoms with van der Waals surface area (Å²) in [6, 6.07) is 5.86. The van der Waals surface area contributed by atoms with Crippen molar-refractivity contribution in [3.05, 3.63) is 27.1 Å². The van der Waals surface area contributed by atoms with E-state index in [9.17, 15) is 0 Å². The number of hydrogen-bond acceptors (Lipinski definition) is 1. The van der Waals surface area contributed by atoms with Gasteiger partial charge in [-0.15, -0.1) is 0 Å². The van der Waals surface area contributed by atoms with Gasteiger partial charge in [-0.3, -0.25) is 0 Å². The molecule has 0 fully saturated rings. The molecule has 0 saturated heterocycles. The zero-order valence-electron chi connectivity index (χ0n) is 5.48. The smallest absolute Gasteiger partial charge is 0.162 e. The summed E-state index contributed by atoms with van der Waals surface area (Å²) in [6.07, 6.45) is 0. The number of hydrogen-bond donors (Lipinski definition) is 0. The first-order valence-corrected chi connectivity index (χ1v) is 5.00. The third-order valence-electron chi connectivity index (χ3n) is 1.12. The molecule has 0 aliphatic carbocycles. The van der Waals surface area contributed by atoms with E-state index in [1.165, 1.54) is 0 Å². The number of benzene rings is 1. The third kappa shape index (κ3) is 2.36. The van der Waals surface area contributed by atoms with Gasteiger partial charge in [-0.2, -0.15) is 0 Å². The largest absolute Gasteiger partial charge is 0.476 e. The maximum absolute atomic E-state index is 5.42. The van der Waals surface area contributed by atoms with Crippen LogP contribution in [0.5, 0.6) is 5.75 Å². The predicted molar refractivity (Wildman–Crippen MR) is 53.2 cm³/mol. The van der Waals surface area contributed by atoms with Gasteiger partial charge in [0.1, 0.15) is 5.75 Å². The summed E-state index contributed by atoms with van der Waals surface area (Å²) < 4.78 is 6.93. The second-order valence-electron chi connectivity index (χ2n) is 1.80. The van der Waals surface area contributed by atoms with Crippen molar-refractivity contribution in [3.8, 4) is 5.75 Å². The van der Waals surface area contributed by atoms with Gasteiger partial charge in [0, 0.05) is 0 Å². The first-order valence-electron chi connectivity index (χ1n) is 2.88. The van der Waals surface area contributed by atoms with Crippen LogP contribution in [-0.4, -0.2) is 6.07 Å². The maximum atomic E-state index is 5.42. The molecule has 60 valence electrons. The molecular formula is C7H5Br2ClO. The normalized spacial score (nSPS) is 9.73. The summed E-state index contributed by atoms with van der Waals surface area (Å²) in [6.45, 7) is 0. The molecule has 1 nitrogen and oxygen atoms in total. The van der Waals surface area contributed by atoms with Crippen LogP contribution in [0.4, 0.5) is 0 Å². The maximum Gasteiger partial charge on any atom is 0.162 e. The number of halogens is 3. The Morgan fingerprint density at radius 3 is 2.27 bits per heavy atom. The van der Waals surface area contributed by atoms with E-state index in [4.69, 9.17) is 16.3 Å². The van der Waals surface area contributed by atoms with Crippen molar-refractivity contribution in [2.75, 3.05) is 6.07 Å². The van der Waals surface area contributed by atoms with Crippen molar-refractivity contribution in [1.82, 2.24) is 0 Å². The SMILES string of the molecule is ClCOc1c(Br)cccc1Br. The Hall–Kier alpha value is 0.270. The lowest BCUT2D eigenvalue weighted by Crippen LogP contribution is -1.90. The number of para-hydroxylation sites is 1. The summed E-state index contributed by atoms with van der Waals surface area (Å²) in [5, 5.41) is 0. The zero-order chi connectivity index (χ0) is 8.27. The van der Waals surface area contributed by atoms with Crippen molar-refractivity contribution in [2.45, 2.75) is 0 Å². The molecule has 1 rings (SSSR count). The molecule has 4 heteroatoms. The van der Waals surface area contributed by atoms with E-state index in [1.807, 2.05) is 18.2 Å². The van der Waals surface area contributed by atoms with Crippen molar-refractivity contribution in [2.24, 2.45) is 0 Å². The quantitative estimate of drug-likeness (QED) is 0.755. The summed E-state index contributed by atoms with van der Waals surface area (Å²) in [5.41, 5.74) is 0. The van der Waals surface area contributed by atoms with Crippen molar-refractivity contribution in [3.63, 3.8) is 0 Å². The molecule has 0 heterocycles. The van der Waals surface area contributed by atoms with Crippen molar-refractivity contribution >= 4 is 43.5 Å². The summed E-state index contributed by atoms with van der Waals surface area (Å²) in [4.78, 5) is 0. The van der Waals surface area contributed by atoms with E-state index in [1.54, 1.807) is 0 Å². The average Bonchev–Trinajstić information content (AvgIpc) is 1.97. The van der Waals surface area contributed by atoms with Crippen LogP contribution in [0.1, 0.15) is 0 Å². The van der Waals surface area contributed by atoms with Crippen LogP contribution in [0.2, 0.25) is 0 Å². The Labute approximate surface area is 86.9 Å². The fourth-order valence-corrected chi connectivity index (χ4v) is 2.01. The van der Waals surface area contributed by atoms with Gasteiger partial charge in [0.15, 0.2) is 6.07 Å². The molecule has 0 aliphatic heterocycles. The standard InChI is InChI=1S/C7H5Br2ClO/c8-5-2-1-3-6(9)7(5)11-4-10/h1-3H,4H2. The molecule has 0 radical (unpaired) electrons. The van der Waals surface area contributed by atoms with Crippen LogP contribution in [0.25, 0.3) is 0 Å². The second-order valence-corrected chi connectivity index (χ2v) is 3.73. The van der Waals surface area contributed by atoms with E-state index >= 15 is 0 Å². The molecular weight excluding hydrogens is 295 g/mol. The molecule has 0 bridgehead atoms. The molecule has 1 aromatic rings. The Morgan fingerprint density at radius 2 is 1.82 bits per heavy atom. The fourth-order valence-electron chi connectivity index (χ4n) is 0.675. The monoisotopic (exact) mass is 298 g/mol. The minimum Gasteiger partial charge on any atom is -0.476 e. The molecule has 0 aromatic heterocycles. The Bertz CT molecular complexity index is 232. The van der Waals surface area contributed by atoms with Crippen molar-refractivity contribution in [1.29, 1.82) is 0 Å². The van der Waals surface area contributed by atoms with Gasteiger partial charge in [-0.05, 0) is 44.0 Å². The Kier molecular flexibility index (Phi) is 3.69. The number of ether oxygens (including phenoxy) is 1. The number of alkyl halides is 1. The lowest BCUT2D eigenvalue weighted by molar-refractivity contribution is 0.383. The zero-order valence-corrected chi connectivity index (χ0v) is 9.41. The van der Waals surface area contributed by atoms with Crippen LogP contribution in [-0.2, 0) is 0 Å². The topological polar surface area (TPSA) is 9.23 Å². The highest BCUT2D eigenvalue weighted by atomic mass is 79.9. The fraction of sp³-hybridized carbons (Fsp3) is 0.143. The molecule has 1 aromatic carbocycles. The first-order chi connectivity index (χ1) is 5.25. The minimum absolute atomic E-state index is 0.154. The molecule has 0 spiro atoms. The van der Waals surface area contributed by atoms with E-state index in [2.05, 4.69) is 31.9 Å². The molecule has 0 saturated carbocycles. The molecule has 0 N–H and O–H groups in total. The average molecular weight is 300 g/mol. The van der Waals surface area contributed by atoms with Gasteiger partial charge in [0.25, 0.3) is 0 Å². The van der Waals surface area contributed by atoms with E-state index in [0.29, 0.717) is 0 Å². The van der Waals surface area contributed by atoms with Gasteiger partial charge in [0.2, 0.25) is 0 Å². The number of rotatable bonds is 2. The lowest BCUT2D eigenvalue weighted by atomic mass is 10.3. The van der Waals surface area contributed by atoms with Gasteiger partial charge in [-0.1, -0.05) is 17.7 Å². The molecule has 11 heavy (non-hydrogen) atoms. The summed E-state index contributed by atoms with van der Waals surface area (Å²) in [5.74, 6) is 0.738. The van der Waals surface area contributed by atoms with Gasteiger partial charge < -0.3 is 4.74 Å². The minimum atomic E-state index is 0.154. The van der Waals surface area contributed by atoms with Crippen LogP contribution < -0.4 is 4.74 Å². The molecule has 0 atom stereocenters.